The molecular formula is C14H28ClN3O. The lowest BCUT2D eigenvalue weighted by Crippen LogP contribution is -2.51. The molecule has 2 saturated heterocycles. The molecule has 2 aliphatic rings. The van der Waals surface area contributed by atoms with Gasteiger partial charge in [0.2, 0.25) is 5.91 Å². The van der Waals surface area contributed by atoms with Crippen molar-refractivity contribution in [2.45, 2.75) is 57.5 Å². The number of hydrogen-bond donors (Lipinski definition) is 1. The zero-order valence-electron chi connectivity index (χ0n) is 12.0. The summed E-state index contributed by atoms with van der Waals surface area (Å²) < 4.78 is 0. The monoisotopic (exact) mass is 289 g/mol. The van der Waals surface area contributed by atoms with Gasteiger partial charge in [0.05, 0.1) is 6.54 Å². The number of piperidine rings is 2. The predicted molar refractivity (Wildman–Crippen MR) is 80.5 cm³/mol. The molecule has 0 bridgehead atoms. The molecule has 2 N–H and O–H groups in total. The van der Waals surface area contributed by atoms with E-state index >= 15 is 0 Å². The van der Waals surface area contributed by atoms with Crippen LogP contribution in [0.1, 0.15) is 45.4 Å². The van der Waals surface area contributed by atoms with Crippen LogP contribution in [0.5, 0.6) is 0 Å². The first kappa shape index (κ1) is 16.7. The van der Waals surface area contributed by atoms with E-state index in [2.05, 4.69) is 16.7 Å². The Morgan fingerprint density at radius 1 is 1.21 bits per heavy atom. The van der Waals surface area contributed by atoms with E-state index < -0.39 is 0 Å². The summed E-state index contributed by atoms with van der Waals surface area (Å²) in [4.78, 5) is 16.7. The van der Waals surface area contributed by atoms with Crippen LogP contribution in [0, 0.1) is 0 Å². The van der Waals surface area contributed by atoms with Gasteiger partial charge < -0.3 is 10.6 Å². The van der Waals surface area contributed by atoms with E-state index in [4.69, 9.17) is 5.73 Å². The van der Waals surface area contributed by atoms with Gasteiger partial charge >= 0.3 is 0 Å². The van der Waals surface area contributed by atoms with Gasteiger partial charge in [0.25, 0.3) is 0 Å². The second kappa shape index (κ2) is 8.08. The van der Waals surface area contributed by atoms with Crippen molar-refractivity contribution in [1.29, 1.82) is 0 Å². The molecule has 0 aromatic rings. The first-order valence-electron chi connectivity index (χ1n) is 7.48. The number of hydrogen-bond acceptors (Lipinski definition) is 3. The highest BCUT2D eigenvalue weighted by molar-refractivity contribution is 5.85. The number of rotatable bonds is 3. The fraction of sp³-hybridized carbons (Fsp3) is 0.929. The third-order valence-electron chi connectivity index (χ3n) is 4.32. The van der Waals surface area contributed by atoms with Crippen molar-refractivity contribution in [3.8, 4) is 0 Å². The molecule has 0 aliphatic carbocycles. The lowest BCUT2D eigenvalue weighted by molar-refractivity contribution is -0.136. The Labute approximate surface area is 123 Å². The maximum atomic E-state index is 12.4. The Hall–Kier alpha value is -0.320. The molecule has 0 aromatic carbocycles. The second-order valence-electron chi connectivity index (χ2n) is 5.78. The molecule has 5 heteroatoms. The van der Waals surface area contributed by atoms with Crippen LogP contribution in [-0.4, -0.2) is 54.0 Å². The van der Waals surface area contributed by atoms with Gasteiger partial charge in [-0.1, -0.05) is 6.92 Å². The number of likely N-dealkylation sites (tertiary alicyclic amines) is 2. The highest BCUT2D eigenvalue weighted by atomic mass is 35.5. The third kappa shape index (κ3) is 4.62. The highest BCUT2D eigenvalue weighted by Crippen LogP contribution is 2.20. The number of halogens is 1. The Morgan fingerprint density at radius 2 is 2.00 bits per heavy atom. The van der Waals surface area contributed by atoms with Gasteiger partial charge in [-0.2, -0.15) is 0 Å². The number of carbonyl (C=O) groups excluding carboxylic acids is 1. The molecule has 2 atom stereocenters. The van der Waals surface area contributed by atoms with E-state index in [-0.39, 0.29) is 18.4 Å². The smallest absolute Gasteiger partial charge is 0.236 e. The van der Waals surface area contributed by atoms with E-state index in [1.807, 2.05) is 0 Å². The number of carbonyl (C=O) groups is 1. The van der Waals surface area contributed by atoms with Gasteiger partial charge in [0.1, 0.15) is 0 Å². The first-order chi connectivity index (χ1) is 8.70. The summed E-state index contributed by atoms with van der Waals surface area (Å²) in [7, 11) is 0. The summed E-state index contributed by atoms with van der Waals surface area (Å²) in [6.07, 6.45) is 6.95. The molecule has 2 aliphatic heterocycles. The standard InChI is InChI=1S/C14H27N3O.ClH/c1-2-13-7-3-4-9-17(13)14(18)11-16-8-5-6-12(15)10-16;/h12-13H,2-11,15H2,1H3;1H. The fourth-order valence-electron chi connectivity index (χ4n) is 3.27. The van der Waals surface area contributed by atoms with Crippen molar-refractivity contribution >= 4 is 18.3 Å². The van der Waals surface area contributed by atoms with Crippen LogP contribution >= 0.6 is 12.4 Å². The van der Waals surface area contributed by atoms with Crippen LogP contribution in [0.2, 0.25) is 0 Å². The van der Waals surface area contributed by atoms with Crippen LogP contribution < -0.4 is 5.73 Å². The van der Waals surface area contributed by atoms with E-state index in [9.17, 15) is 4.79 Å². The van der Waals surface area contributed by atoms with E-state index in [0.717, 1.165) is 38.9 Å². The molecule has 2 unspecified atom stereocenters. The van der Waals surface area contributed by atoms with Gasteiger partial charge in [-0.3, -0.25) is 9.69 Å². The third-order valence-corrected chi connectivity index (χ3v) is 4.32. The van der Waals surface area contributed by atoms with E-state index in [1.54, 1.807) is 0 Å². The largest absolute Gasteiger partial charge is 0.339 e. The molecule has 0 spiro atoms. The van der Waals surface area contributed by atoms with Crippen molar-refractivity contribution < 1.29 is 4.79 Å². The quantitative estimate of drug-likeness (QED) is 0.859. The molecule has 0 saturated carbocycles. The Kier molecular flexibility index (Phi) is 7.11. The summed E-state index contributed by atoms with van der Waals surface area (Å²) in [5.41, 5.74) is 5.97. The topological polar surface area (TPSA) is 49.6 Å². The van der Waals surface area contributed by atoms with Crippen molar-refractivity contribution in [1.82, 2.24) is 9.80 Å². The highest BCUT2D eigenvalue weighted by Gasteiger charge is 2.27. The zero-order chi connectivity index (χ0) is 13.0. The van der Waals surface area contributed by atoms with Crippen LogP contribution in [0.25, 0.3) is 0 Å². The summed E-state index contributed by atoms with van der Waals surface area (Å²) in [6, 6.07) is 0.736. The normalized spacial score (nSPS) is 28.8. The van der Waals surface area contributed by atoms with Gasteiger partial charge in [-0.25, -0.2) is 0 Å². The van der Waals surface area contributed by atoms with Gasteiger partial charge in [0.15, 0.2) is 0 Å². The number of nitrogens with two attached hydrogens (primary N) is 1. The molecule has 0 radical (unpaired) electrons. The molecule has 2 heterocycles. The molecule has 1 amide bonds. The maximum absolute atomic E-state index is 12.4. The lowest BCUT2D eigenvalue weighted by atomic mass is 10.00. The minimum absolute atomic E-state index is 0. The van der Waals surface area contributed by atoms with Crippen molar-refractivity contribution in [3.05, 3.63) is 0 Å². The summed E-state index contributed by atoms with van der Waals surface area (Å²) in [5.74, 6) is 0.315. The molecular weight excluding hydrogens is 262 g/mol. The van der Waals surface area contributed by atoms with Crippen LogP contribution in [0.15, 0.2) is 0 Å². The molecule has 4 nitrogen and oxygen atoms in total. The SMILES string of the molecule is CCC1CCCCN1C(=O)CN1CCCC(N)C1.Cl. The fourth-order valence-corrected chi connectivity index (χ4v) is 3.27. The van der Waals surface area contributed by atoms with Crippen molar-refractivity contribution in [2.75, 3.05) is 26.2 Å². The molecule has 112 valence electrons. The van der Waals surface area contributed by atoms with Gasteiger partial charge in [-0.15, -0.1) is 12.4 Å². The Bertz CT molecular complexity index is 288. The van der Waals surface area contributed by atoms with Crippen molar-refractivity contribution in [3.63, 3.8) is 0 Å². The summed E-state index contributed by atoms with van der Waals surface area (Å²) in [6.45, 7) is 5.63. The van der Waals surface area contributed by atoms with E-state index in [1.165, 1.54) is 19.3 Å². The maximum Gasteiger partial charge on any atom is 0.236 e. The van der Waals surface area contributed by atoms with Crippen LogP contribution in [0.3, 0.4) is 0 Å². The average Bonchev–Trinajstić information content (AvgIpc) is 2.38. The summed E-state index contributed by atoms with van der Waals surface area (Å²) in [5, 5.41) is 0. The molecule has 2 rings (SSSR count). The Morgan fingerprint density at radius 3 is 2.68 bits per heavy atom. The minimum atomic E-state index is 0. The number of nitrogens with zero attached hydrogens (tertiary/aromatic N) is 2. The van der Waals surface area contributed by atoms with Crippen molar-refractivity contribution in [2.24, 2.45) is 5.73 Å². The molecule has 2 fully saturated rings. The predicted octanol–water partition coefficient (Wildman–Crippen LogP) is 1.62. The summed E-state index contributed by atoms with van der Waals surface area (Å²) >= 11 is 0. The number of amides is 1. The lowest BCUT2D eigenvalue weighted by Gasteiger charge is -2.38. The first-order valence-corrected chi connectivity index (χ1v) is 7.48. The van der Waals surface area contributed by atoms with Crippen LogP contribution in [0.4, 0.5) is 0 Å². The van der Waals surface area contributed by atoms with Crippen LogP contribution in [-0.2, 0) is 4.79 Å². The second-order valence-corrected chi connectivity index (χ2v) is 5.78. The average molecular weight is 290 g/mol. The molecule has 0 aromatic heterocycles. The van der Waals surface area contributed by atoms with Gasteiger partial charge in [-0.05, 0) is 45.1 Å². The van der Waals surface area contributed by atoms with Gasteiger partial charge in [0, 0.05) is 25.2 Å². The van der Waals surface area contributed by atoms with E-state index in [0.29, 0.717) is 18.5 Å². The Balaban J connectivity index is 0.00000180. The molecule has 19 heavy (non-hydrogen) atoms. The minimum Gasteiger partial charge on any atom is -0.339 e. The zero-order valence-corrected chi connectivity index (χ0v) is 12.8.